The van der Waals surface area contributed by atoms with Crippen LogP contribution in [0.15, 0.2) is 22.7 Å². The van der Waals surface area contributed by atoms with Gasteiger partial charge in [-0.05, 0) is 60.2 Å². The molecule has 1 aromatic heterocycles. The lowest BCUT2D eigenvalue weighted by atomic mass is 10.2. The van der Waals surface area contributed by atoms with E-state index in [1.165, 1.54) is 12.8 Å². The van der Waals surface area contributed by atoms with Crippen LogP contribution in [0.3, 0.4) is 0 Å². The Bertz CT molecular complexity index is 622. The molecular formula is C16H20BrN3. The van der Waals surface area contributed by atoms with Gasteiger partial charge in [-0.1, -0.05) is 13.0 Å². The maximum absolute atomic E-state index is 4.74. The van der Waals surface area contributed by atoms with Gasteiger partial charge in [0.25, 0.3) is 0 Å². The van der Waals surface area contributed by atoms with Crippen molar-refractivity contribution in [3.8, 4) is 0 Å². The second-order valence-electron chi connectivity index (χ2n) is 5.62. The predicted octanol–water partition coefficient (Wildman–Crippen LogP) is 4.33. The SMILES string of the molecule is CCCN(CC1CC1)c1nc(C)nc2c(Br)cccc12. The Morgan fingerprint density at radius 2 is 2.10 bits per heavy atom. The minimum absolute atomic E-state index is 0.844. The van der Waals surface area contributed by atoms with E-state index in [2.05, 4.69) is 44.9 Å². The maximum Gasteiger partial charge on any atom is 0.140 e. The summed E-state index contributed by atoms with van der Waals surface area (Å²) in [7, 11) is 0. The zero-order valence-corrected chi connectivity index (χ0v) is 13.7. The number of aryl methyl sites for hydroxylation is 1. The first-order valence-electron chi connectivity index (χ1n) is 7.37. The molecule has 1 fully saturated rings. The number of anilines is 1. The highest BCUT2D eigenvalue weighted by Gasteiger charge is 2.25. The van der Waals surface area contributed by atoms with Crippen molar-refractivity contribution >= 4 is 32.7 Å². The average molecular weight is 334 g/mol. The Morgan fingerprint density at radius 1 is 1.30 bits per heavy atom. The molecule has 0 N–H and O–H groups in total. The zero-order chi connectivity index (χ0) is 14.1. The van der Waals surface area contributed by atoms with E-state index in [9.17, 15) is 0 Å². The topological polar surface area (TPSA) is 29.0 Å². The molecule has 0 atom stereocenters. The number of nitrogens with zero attached hydrogens (tertiary/aromatic N) is 3. The van der Waals surface area contributed by atoms with Crippen molar-refractivity contribution in [1.82, 2.24) is 9.97 Å². The van der Waals surface area contributed by atoms with E-state index in [1.807, 2.05) is 13.0 Å². The van der Waals surface area contributed by atoms with Gasteiger partial charge >= 0.3 is 0 Å². The molecule has 3 nitrogen and oxygen atoms in total. The molecule has 0 amide bonds. The molecule has 2 aromatic rings. The molecule has 20 heavy (non-hydrogen) atoms. The number of halogens is 1. The Labute approximate surface area is 128 Å². The summed E-state index contributed by atoms with van der Waals surface area (Å²) in [5, 5.41) is 1.15. The summed E-state index contributed by atoms with van der Waals surface area (Å²) < 4.78 is 1.05. The molecule has 0 unspecified atom stereocenters. The second kappa shape index (κ2) is 5.68. The van der Waals surface area contributed by atoms with Crippen LogP contribution >= 0.6 is 15.9 Å². The third kappa shape index (κ3) is 2.80. The van der Waals surface area contributed by atoms with Crippen LogP contribution in [0.5, 0.6) is 0 Å². The van der Waals surface area contributed by atoms with E-state index in [0.717, 1.165) is 52.4 Å². The molecule has 1 aliphatic carbocycles. The first kappa shape index (κ1) is 13.8. The molecule has 4 heteroatoms. The minimum atomic E-state index is 0.844. The van der Waals surface area contributed by atoms with Crippen molar-refractivity contribution in [3.63, 3.8) is 0 Å². The van der Waals surface area contributed by atoms with Crippen molar-refractivity contribution in [3.05, 3.63) is 28.5 Å². The van der Waals surface area contributed by atoms with Gasteiger partial charge in [0.1, 0.15) is 11.6 Å². The van der Waals surface area contributed by atoms with Crippen LogP contribution in [0.25, 0.3) is 10.9 Å². The van der Waals surface area contributed by atoms with Crippen molar-refractivity contribution in [1.29, 1.82) is 0 Å². The average Bonchev–Trinajstić information content (AvgIpc) is 3.23. The van der Waals surface area contributed by atoms with Gasteiger partial charge in [0.15, 0.2) is 0 Å². The molecular weight excluding hydrogens is 314 g/mol. The molecule has 1 aliphatic rings. The summed E-state index contributed by atoms with van der Waals surface area (Å²) in [6, 6.07) is 6.24. The van der Waals surface area contributed by atoms with E-state index in [4.69, 9.17) is 4.98 Å². The van der Waals surface area contributed by atoms with Gasteiger partial charge in [-0.15, -0.1) is 0 Å². The van der Waals surface area contributed by atoms with Gasteiger partial charge in [-0.3, -0.25) is 0 Å². The molecule has 1 saturated carbocycles. The predicted molar refractivity (Wildman–Crippen MR) is 87.2 cm³/mol. The fourth-order valence-corrected chi connectivity index (χ4v) is 3.07. The molecule has 0 spiro atoms. The number of para-hydroxylation sites is 1. The Kier molecular flexibility index (Phi) is 3.92. The van der Waals surface area contributed by atoms with Gasteiger partial charge in [-0.25, -0.2) is 9.97 Å². The fourth-order valence-electron chi connectivity index (χ4n) is 2.62. The van der Waals surface area contributed by atoms with Crippen molar-refractivity contribution in [2.75, 3.05) is 18.0 Å². The molecule has 0 radical (unpaired) electrons. The lowest BCUT2D eigenvalue weighted by molar-refractivity contribution is 0.699. The highest BCUT2D eigenvalue weighted by Crippen LogP contribution is 2.34. The number of aromatic nitrogens is 2. The van der Waals surface area contributed by atoms with Crippen LogP contribution in [-0.4, -0.2) is 23.1 Å². The Balaban J connectivity index is 2.09. The van der Waals surface area contributed by atoms with Gasteiger partial charge in [0.05, 0.1) is 5.52 Å². The number of benzene rings is 1. The highest BCUT2D eigenvalue weighted by atomic mass is 79.9. The van der Waals surface area contributed by atoms with Crippen molar-refractivity contribution in [2.45, 2.75) is 33.1 Å². The summed E-state index contributed by atoms with van der Waals surface area (Å²) in [5.41, 5.74) is 1.02. The summed E-state index contributed by atoms with van der Waals surface area (Å²) in [6.45, 7) is 6.40. The number of fused-ring (bicyclic) bond motifs is 1. The third-order valence-corrected chi connectivity index (χ3v) is 4.38. The van der Waals surface area contributed by atoms with Gasteiger partial charge in [-0.2, -0.15) is 0 Å². The molecule has 106 valence electrons. The summed E-state index contributed by atoms with van der Waals surface area (Å²) >= 11 is 3.61. The molecule has 3 rings (SSSR count). The normalized spacial score (nSPS) is 14.8. The van der Waals surface area contributed by atoms with Crippen LogP contribution in [0.2, 0.25) is 0 Å². The van der Waals surface area contributed by atoms with E-state index >= 15 is 0 Å². The van der Waals surface area contributed by atoms with Crippen molar-refractivity contribution < 1.29 is 0 Å². The summed E-state index contributed by atoms with van der Waals surface area (Å²) in [6.07, 6.45) is 3.88. The minimum Gasteiger partial charge on any atom is -0.356 e. The second-order valence-corrected chi connectivity index (χ2v) is 6.47. The monoisotopic (exact) mass is 333 g/mol. The summed E-state index contributed by atoms with van der Waals surface area (Å²) in [5.74, 6) is 2.80. The first-order chi connectivity index (χ1) is 9.69. The quantitative estimate of drug-likeness (QED) is 0.815. The van der Waals surface area contributed by atoms with Gasteiger partial charge in [0, 0.05) is 22.9 Å². The van der Waals surface area contributed by atoms with Crippen LogP contribution in [-0.2, 0) is 0 Å². The van der Waals surface area contributed by atoms with Gasteiger partial charge < -0.3 is 4.90 Å². The van der Waals surface area contributed by atoms with E-state index < -0.39 is 0 Å². The van der Waals surface area contributed by atoms with E-state index in [0.29, 0.717) is 0 Å². The fraction of sp³-hybridized carbons (Fsp3) is 0.500. The molecule has 0 aliphatic heterocycles. The number of hydrogen-bond acceptors (Lipinski definition) is 3. The summed E-state index contributed by atoms with van der Waals surface area (Å²) in [4.78, 5) is 11.8. The first-order valence-corrected chi connectivity index (χ1v) is 8.16. The molecule has 1 aromatic carbocycles. The molecule has 0 bridgehead atoms. The van der Waals surface area contributed by atoms with Crippen LogP contribution in [0.4, 0.5) is 5.82 Å². The van der Waals surface area contributed by atoms with Crippen LogP contribution in [0.1, 0.15) is 32.0 Å². The zero-order valence-electron chi connectivity index (χ0n) is 12.1. The van der Waals surface area contributed by atoms with E-state index in [-0.39, 0.29) is 0 Å². The number of rotatable bonds is 5. The standard InChI is InChI=1S/C16H20BrN3/c1-3-9-20(10-12-7-8-12)16-13-5-4-6-14(17)15(13)18-11(2)19-16/h4-6,12H,3,7-10H2,1-2H3. The third-order valence-electron chi connectivity index (χ3n) is 3.74. The van der Waals surface area contributed by atoms with Crippen molar-refractivity contribution in [2.24, 2.45) is 5.92 Å². The maximum atomic E-state index is 4.74. The number of hydrogen-bond donors (Lipinski definition) is 0. The largest absolute Gasteiger partial charge is 0.356 e. The van der Waals surface area contributed by atoms with Crippen LogP contribution in [0, 0.1) is 12.8 Å². The lowest BCUT2D eigenvalue weighted by Gasteiger charge is -2.25. The highest BCUT2D eigenvalue weighted by molar-refractivity contribution is 9.10. The van der Waals surface area contributed by atoms with Crippen LogP contribution < -0.4 is 4.90 Å². The van der Waals surface area contributed by atoms with E-state index in [1.54, 1.807) is 0 Å². The Morgan fingerprint density at radius 3 is 2.80 bits per heavy atom. The Hall–Kier alpha value is -1.16. The smallest absolute Gasteiger partial charge is 0.140 e. The van der Waals surface area contributed by atoms with Gasteiger partial charge in [0.2, 0.25) is 0 Å². The molecule has 1 heterocycles. The molecule has 0 saturated heterocycles. The lowest BCUT2D eigenvalue weighted by Crippen LogP contribution is -2.28.